The molecule has 0 spiro atoms. The molecule has 2 atom stereocenters. The van der Waals surface area contributed by atoms with Gasteiger partial charge in [0.1, 0.15) is 0 Å². The van der Waals surface area contributed by atoms with Crippen LogP contribution >= 0.6 is 0 Å². The highest BCUT2D eigenvalue weighted by molar-refractivity contribution is 7.91. The largest absolute Gasteiger partial charge is 0.334 e. The molecular formula is C17H26N2O3S. The first-order valence-electron chi connectivity index (χ1n) is 8.06. The fourth-order valence-electron chi connectivity index (χ4n) is 3.36. The van der Waals surface area contributed by atoms with E-state index in [9.17, 15) is 13.2 Å². The number of rotatable bonds is 4. The zero-order chi connectivity index (χ0) is 17.2. The molecule has 0 N–H and O–H groups in total. The summed E-state index contributed by atoms with van der Waals surface area (Å²) in [7, 11) is -1.18. The number of carbonyl (C=O) groups excluding carboxylic acids is 1. The van der Waals surface area contributed by atoms with E-state index in [0.29, 0.717) is 4.90 Å². The fraction of sp³-hybridized carbons (Fsp3) is 0.588. The highest BCUT2D eigenvalue weighted by Gasteiger charge is 2.31. The first-order valence-corrected chi connectivity index (χ1v) is 9.71. The van der Waals surface area contributed by atoms with Crippen molar-refractivity contribution < 1.29 is 13.2 Å². The van der Waals surface area contributed by atoms with Crippen molar-refractivity contribution >= 4 is 15.7 Å². The van der Waals surface area contributed by atoms with Crippen molar-refractivity contribution in [3.05, 3.63) is 29.8 Å². The van der Waals surface area contributed by atoms with E-state index < -0.39 is 9.84 Å². The highest BCUT2D eigenvalue weighted by Crippen LogP contribution is 2.18. The Morgan fingerprint density at radius 2 is 1.83 bits per heavy atom. The molecule has 1 aromatic carbocycles. The van der Waals surface area contributed by atoms with Gasteiger partial charge in [0, 0.05) is 25.2 Å². The normalized spacial score (nSPS) is 23.0. The summed E-state index contributed by atoms with van der Waals surface area (Å²) in [6.45, 7) is 7.46. The van der Waals surface area contributed by atoms with Crippen molar-refractivity contribution in [3.8, 4) is 0 Å². The molecule has 0 bridgehead atoms. The van der Waals surface area contributed by atoms with E-state index in [-0.39, 0.29) is 30.2 Å². The molecule has 0 radical (unpaired) electrons. The average Bonchev–Trinajstić information content (AvgIpc) is 2.46. The topological polar surface area (TPSA) is 57.7 Å². The number of carbonyl (C=O) groups is 1. The van der Waals surface area contributed by atoms with Gasteiger partial charge in [-0.25, -0.2) is 8.42 Å². The van der Waals surface area contributed by atoms with Crippen molar-refractivity contribution in [2.75, 3.05) is 25.9 Å². The van der Waals surface area contributed by atoms with Gasteiger partial charge in [0.05, 0.1) is 17.1 Å². The zero-order valence-electron chi connectivity index (χ0n) is 14.3. The summed E-state index contributed by atoms with van der Waals surface area (Å²) < 4.78 is 24.0. The van der Waals surface area contributed by atoms with Gasteiger partial charge in [-0.05, 0) is 38.6 Å². The van der Waals surface area contributed by atoms with Gasteiger partial charge in [0.2, 0.25) is 5.91 Å². The van der Waals surface area contributed by atoms with Gasteiger partial charge in [-0.1, -0.05) is 19.1 Å². The van der Waals surface area contributed by atoms with E-state index >= 15 is 0 Å². The Bertz CT molecular complexity index is 660. The van der Waals surface area contributed by atoms with Gasteiger partial charge >= 0.3 is 0 Å². The van der Waals surface area contributed by atoms with Gasteiger partial charge < -0.3 is 9.80 Å². The molecule has 1 aromatic rings. The average molecular weight is 338 g/mol. The molecule has 0 saturated carbocycles. The molecule has 1 aliphatic rings. The van der Waals surface area contributed by atoms with E-state index in [4.69, 9.17) is 0 Å². The number of hydrogen-bond donors (Lipinski definition) is 0. The second-order valence-electron chi connectivity index (χ2n) is 6.45. The maximum Gasteiger partial charge on any atom is 0.227 e. The molecule has 1 saturated heterocycles. The van der Waals surface area contributed by atoms with E-state index in [2.05, 4.69) is 25.8 Å². The Labute approximate surface area is 139 Å². The van der Waals surface area contributed by atoms with Crippen LogP contribution in [0.5, 0.6) is 0 Å². The summed E-state index contributed by atoms with van der Waals surface area (Å²) in [5, 5.41) is 0. The monoisotopic (exact) mass is 338 g/mol. The first kappa shape index (κ1) is 17.9. The maximum atomic E-state index is 12.7. The Morgan fingerprint density at radius 1 is 1.22 bits per heavy atom. The molecule has 0 aromatic heterocycles. The summed E-state index contributed by atoms with van der Waals surface area (Å²) in [5.74, 6) is 0.126. The van der Waals surface area contributed by atoms with Crippen molar-refractivity contribution in [3.63, 3.8) is 0 Å². The molecule has 128 valence electrons. The van der Waals surface area contributed by atoms with Crippen LogP contribution < -0.4 is 0 Å². The quantitative estimate of drug-likeness (QED) is 0.836. The van der Waals surface area contributed by atoms with E-state index in [1.807, 2.05) is 11.0 Å². The minimum Gasteiger partial charge on any atom is -0.334 e. The standard InChI is InChI=1S/C17H26N2O3S/c1-5-23(21,22)16-8-6-7-15(9-16)10-17(20)19-13(2)11-18(4)12-14(19)3/h6-9,13-14H,5,10-12H2,1-4H3/t13-,14+. The Hall–Kier alpha value is -1.40. The summed E-state index contributed by atoms with van der Waals surface area (Å²) in [4.78, 5) is 17.1. The van der Waals surface area contributed by atoms with Crippen molar-refractivity contribution in [1.82, 2.24) is 9.80 Å². The minimum atomic E-state index is -3.24. The molecule has 2 rings (SSSR count). The lowest BCUT2D eigenvalue weighted by Gasteiger charge is -2.43. The fourth-order valence-corrected chi connectivity index (χ4v) is 4.31. The van der Waals surface area contributed by atoms with Crippen LogP contribution in [-0.2, 0) is 21.1 Å². The smallest absolute Gasteiger partial charge is 0.227 e. The van der Waals surface area contributed by atoms with Crippen LogP contribution in [-0.4, -0.2) is 62.1 Å². The summed E-state index contributed by atoms with van der Waals surface area (Å²) in [6, 6.07) is 7.08. The van der Waals surface area contributed by atoms with Crippen LogP contribution in [0.2, 0.25) is 0 Å². The molecule has 0 aliphatic carbocycles. The van der Waals surface area contributed by atoms with E-state index in [1.165, 1.54) is 0 Å². The molecule has 1 fully saturated rings. The lowest BCUT2D eigenvalue weighted by molar-refractivity contribution is -0.137. The van der Waals surface area contributed by atoms with Gasteiger partial charge in [-0.3, -0.25) is 4.79 Å². The molecule has 1 aliphatic heterocycles. The van der Waals surface area contributed by atoms with Crippen LogP contribution in [0.1, 0.15) is 26.3 Å². The van der Waals surface area contributed by atoms with Crippen LogP contribution in [0.4, 0.5) is 0 Å². The van der Waals surface area contributed by atoms with Crippen LogP contribution in [0.15, 0.2) is 29.2 Å². The number of likely N-dealkylation sites (N-methyl/N-ethyl adjacent to an activating group) is 1. The Kier molecular flexibility index (Phi) is 5.47. The minimum absolute atomic E-state index is 0.0594. The first-order chi connectivity index (χ1) is 10.7. The Balaban J connectivity index is 2.16. The Morgan fingerprint density at radius 3 is 2.39 bits per heavy atom. The summed E-state index contributed by atoms with van der Waals surface area (Å²) >= 11 is 0. The molecule has 0 unspecified atom stereocenters. The predicted molar refractivity (Wildman–Crippen MR) is 91.1 cm³/mol. The molecule has 23 heavy (non-hydrogen) atoms. The number of sulfone groups is 1. The zero-order valence-corrected chi connectivity index (χ0v) is 15.1. The molecule has 5 nitrogen and oxygen atoms in total. The number of amides is 1. The lowest BCUT2D eigenvalue weighted by Crippen LogP contribution is -2.57. The number of benzene rings is 1. The van der Waals surface area contributed by atoms with Crippen molar-refractivity contribution in [2.24, 2.45) is 0 Å². The summed E-state index contributed by atoms with van der Waals surface area (Å²) in [6.07, 6.45) is 0.242. The van der Waals surface area contributed by atoms with Crippen LogP contribution in [0, 0.1) is 0 Å². The highest BCUT2D eigenvalue weighted by atomic mass is 32.2. The lowest BCUT2D eigenvalue weighted by atomic mass is 10.1. The van der Waals surface area contributed by atoms with Gasteiger partial charge in [-0.15, -0.1) is 0 Å². The molecule has 1 amide bonds. The maximum absolute atomic E-state index is 12.7. The summed E-state index contributed by atoms with van der Waals surface area (Å²) in [5.41, 5.74) is 0.753. The SMILES string of the molecule is CCS(=O)(=O)c1cccc(CC(=O)N2[C@H](C)CN(C)C[C@@H]2C)c1. The van der Waals surface area contributed by atoms with Crippen LogP contribution in [0.25, 0.3) is 0 Å². The predicted octanol–water partition coefficient (Wildman–Crippen LogP) is 1.57. The second kappa shape index (κ2) is 7.01. The number of hydrogen-bond acceptors (Lipinski definition) is 4. The third kappa shape index (κ3) is 4.12. The molecular weight excluding hydrogens is 312 g/mol. The second-order valence-corrected chi connectivity index (χ2v) is 8.73. The van der Waals surface area contributed by atoms with Gasteiger partial charge in [0.25, 0.3) is 0 Å². The van der Waals surface area contributed by atoms with Gasteiger partial charge in [-0.2, -0.15) is 0 Å². The third-order valence-corrected chi connectivity index (χ3v) is 6.11. The molecule has 6 heteroatoms. The van der Waals surface area contributed by atoms with E-state index in [1.54, 1.807) is 25.1 Å². The van der Waals surface area contributed by atoms with Crippen LogP contribution in [0.3, 0.4) is 0 Å². The molecule has 1 heterocycles. The van der Waals surface area contributed by atoms with Crippen molar-refractivity contribution in [1.29, 1.82) is 0 Å². The third-order valence-electron chi connectivity index (χ3n) is 4.38. The van der Waals surface area contributed by atoms with Gasteiger partial charge in [0.15, 0.2) is 9.84 Å². The van der Waals surface area contributed by atoms with Crippen molar-refractivity contribution in [2.45, 2.75) is 44.2 Å². The number of piperazine rings is 1. The number of nitrogens with zero attached hydrogens (tertiary/aromatic N) is 2. The van der Waals surface area contributed by atoms with E-state index in [0.717, 1.165) is 18.7 Å².